The van der Waals surface area contributed by atoms with E-state index in [1.165, 1.54) is 16.9 Å². The fraction of sp³-hybridized carbons (Fsp3) is 0.167. The minimum atomic E-state index is -0.430. The third-order valence-corrected chi connectivity index (χ3v) is 2.78. The van der Waals surface area contributed by atoms with E-state index in [0.29, 0.717) is 23.2 Å². The van der Waals surface area contributed by atoms with Crippen molar-refractivity contribution in [3.63, 3.8) is 0 Å². The molecule has 2 rings (SSSR count). The second kappa shape index (κ2) is 4.56. The number of rotatable bonds is 2. The van der Waals surface area contributed by atoms with Crippen LogP contribution in [0.4, 0.5) is 4.39 Å². The number of aromatic nitrogens is 2. The summed E-state index contributed by atoms with van der Waals surface area (Å²) in [7, 11) is 0. The summed E-state index contributed by atoms with van der Waals surface area (Å²) in [5.74, 6) is -0.430. The van der Waals surface area contributed by atoms with Crippen LogP contribution in [0.25, 0.3) is 5.69 Å². The van der Waals surface area contributed by atoms with Gasteiger partial charge in [-0.15, -0.1) is 0 Å². The molecular formula is C12H9ClFN3. The normalized spacial score (nSPS) is 10.2. The molecule has 0 aliphatic heterocycles. The van der Waals surface area contributed by atoms with Gasteiger partial charge in [0.1, 0.15) is 11.9 Å². The summed E-state index contributed by atoms with van der Waals surface area (Å²) < 4.78 is 15.3. The standard InChI is InChI=1S/C12H9ClFN3/c1-2-9-11(4-3-10(13)12(9)14)17-7-8(5-15)6-16-17/h3-4,6-7H,2H2,1H3. The molecule has 1 heterocycles. The maximum absolute atomic E-state index is 13.8. The van der Waals surface area contributed by atoms with Gasteiger partial charge in [0.05, 0.1) is 22.5 Å². The van der Waals surface area contributed by atoms with Crippen LogP contribution in [0.15, 0.2) is 24.5 Å². The van der Waals surface area contributed by atoms with Crippen LogP contribution in [0, 0.1) is 17.1 Å². The Morgan fingerprint density at radius 2 is 2.29 bits per heavy atom. The molecule has 0 unspecified atom stereocenters. The molecule has 5 heteroatoms. The molecule has 0 aliphatic carbocycles. The van der Waals surface area contributed by atoms with E-state index in [1.807, 2.05) is 13.0 Å². The Balaban J connectivity index is 2.60. The van der Waals surface area contributed by atoms with E-state index in [0.717, 1.165) is 0 Å². The van der Waals surface area contributed by atoms with Gasteiger partial charge in [0.15, 0.2) is 0 Å². The Labute approximate surface area is 103 Å². The van der Waals surface area contributed by atoms with Crippen molar-refractivity contribution in [1.29, 1.82) is 5.26 Å². The first-order chi connectivity index (χ1) is 8.17. The number of hydrogen-bond donors (Lipinski definition) is 0. The lowest BCUT2D eigenvalue weighted by Crippen LogP contribution is -2.02. The monoisotopic (exact) mass is 249 g/mol. The predicted octanol–water partition coefficient (Wildman–Crippen LogP) is 3.10. The summed E-state index contributed by atoms with van der Waals surface area (Å²) in [5.41, 5.74) is 1.53. The van der Waals surface area contributed by atoms with Crippen LogP contribution in [0.2, 0.25) is 5.02 Å². The van der Waals surface area contributed by atoms with Crippen LogP contribution in [0.1, 0.15) is 18.1 Å². The Morgan fingerprint density at radius 3 is 2.88 bits per heavy atom. The lowest BCUT2D eigenvalue weighted by Gasteiger charge is -2.09. The number of hydrogen-bond acceptors (Lipinski definition) is 2. The Morgan fingerprint density at radius 1 is 1.53 bits per heavy atom. The van der Waals surface area contributed by atoms with Gasteiger partial charge in [0.25, 0.3) is 0 Å². The molecule has 0 spiro atoms. The molecule has 0 amide bonds. The molecule has 0 fully saturated rings. The van der Waals surface area contributed by atoms with Crippen LogP contribution < -0.4 is 0 Å². The highest BCUT2D eigenvalue weighted by molar-refractivity contribution is 6.30. The van der Waals surface area contributed by atoms with Gasteiger partial charge in [0, 0.05) is 11.8 Å². The molecule has 0 atom stereocenters. The minimum absolute atomic E-state index is 0.0956. The highest BCUT2D eigenvalue weighted by atomic mass is 35.5. The Kier molecular flexibility index (Phi) is 3.12. The van der Waals surface area contributed by atoms with E-state index >= 15 is 0 Å². The largest absolute Gasteiger partial charge is 0.239 e. The molecule has 0 bridgehead atoms. The Hall–Kier alpha value is -1.86. The topological polar surface area (TPSA) is 41.6 Å². The maximum atomic E-state index is 13.8. The second-order valence-electron chi connectivity index (χ2n) is 3.50. The fourth-order valence-corrected chi connectivity index (χ4v) is 1.82. The number of nitriles is 1. The smallest absolute Gasteiger partial charge is 0.147 e. The summed E-state index contributed by atoms with van der Waals surface area (Å²) >= 11 is 5.73. The highest BCUT2D eigenvalue weighted by Gasteiger charge is 2.12. The van der Waals surface area contributed by atoms with Crippen molar-refractivity contribution in [3.05, 3.63) is 46.5 Å². The van der Waals surface area contributed by atoms with Crippen molar-refractivity contribution in [2.24, 2.45) is 0 Å². The molecular weight excluding hydrogens is 241 g/mol. The van der Waals surface area contributed by atoms with Gasteiger partial charge in [-0.3, -0.25) is 0 Å². The Bertz CT molecular complexity index is 598. The van der Waals surface area contributed by atoms with Crippen LogP contribution in [-0.4, -0.2) is 9.78 Å². The summed E-state index contributed by atoms with van der Waals surface area (Å²) in [6, 6.07) is 5.16. The van der Waals surface area contributed by atoms with Crippen LogP contribution in [0.3, 0.4) is 0 Å². The molecule has 1 aromatic heterocycles. The van der Waals surface area contributed by atoms with Crippen molar-refractivity contribution in [1.82, 2.24) is 9.78 Å². The second-order valence-corrected chi connectivity index (χ2v) is 3.91. The fourth-order valence-electron chi connectivity index (χ4n) is 1.65. The zero-order chi connectivity index (χ0) is 12.4. The first kappa shape index (κ1) is 11.6. The van der Waals surface area contributed by atoms with Gasteiger partial charge < -0.3 is 0 Å². The molecule has 86 valence electrons. The van der Waals surface area contributed by atoms with Gasteiger partial charge in [-0.25, -0.2) is 9.07 Å². The molecule has 3 nitrogen and oxygen atoms in total. The first-order valence-electron chi connectivity index (χ1n) is 5.09. The summed E-state index contributed by atoms with van der Waals surface area (Å²) in [6.45, 7) is 1.84. The molecule has 0 saturated carbocycles. The summed E-state index contributed by atoms with van der Waals surface area (Å²) in [4.78, 5) is 0. The average Bonchev–Trinajstić information content (AvgIpc) is 2.81. The average molecular weight is 250 g/mol. The maximum Gasteiger partial charge on any atom is 0.147 e. The number of nitrogens with zero attached hydrogens (tertiary/aromatic N) is 3. The molecule has 17 heavy (non-hydrogen) atoms. The van der Waals surface area contributed by atoms with Crippen molar-refractivity contribution in [2.75, 3.05) is 0 Å². The van der Waals surface area contributed by atoms with E-state index < -0.39 is 5.82 Å². The first-order valence-corrected chi connectivity index (χ1v) is 5.47. The lowest BCUT2D eigenvalue weighted by molar-refractivity contribution is 0.609. The van der Waals surface area contributed by atoms with Gasteiger partial charge in [-0.2, -0.15) is 10.4 Å². The SMILES string of the molecule is CCc1c(-n2cc(C#N)cn2)ccc(Cl)c1F. The van der Waals surface area contributed by atoms with Crippen molar-refractivity contribution in [2.45, 2.75) is 13.3 Å². The quantitative estimate of drug-likeness (QED) is 0.821. The third kappa shape index (κ3) is 2.02. The van der Waals surface area contributed by atoms with E-state index in [4.69, 9.17) is 16.9 Å². The minimum Gasteiger partial charge on any atom is -0.239 e. The number of halogens is 2. The molecule has 2 aromatic rings. The predicted molar refractivity (Wildman–Crippen MR) is 62.6 cm³/mol. The molecule has 0 N–H and O–H groups in total. The van der Waals surface area contributed by atoms with E-state index in [-0.39, 0.29) is 5.02 Å². The number of benzene rings is 1. The van der Waals surface area contributed by atoms with Crippen molar-refractivity contribution in [3.8, 4) is 11.8 Å². The van der Waals surface area contributed by atoms with Crippen molar-refractivity contribution >= 4 is 11.6 Å². The van der Waals surface area contributed by atoms with Crippen LogP contribution in [0.5, 0.6) is 0 Å². The highest BCUT2D eigenvalue weighted by Crippen LogP contribution is 2.24. The molecule has 1 aromatic carbocycles. The molecule has 0 aliphatic rings. The van der Waals surface area contributed by atoms with Gasteiger partial charge >= 0.3 is 0 Å². The summed E-state index contributed by atoms with van der Waals surface area (Å²) in [6.07, 6.45) is 3.50. The van der Waals surface area contributed by atoms with E-state index in [2.05, 4.69) is 5.10 Å². The third-order valence-electron chi connectivity index (χ3n) is 2.48. The zero-order valence-corrected chi connectivity index (χ0v) is 9.87. The molecule has 0 saturated heterocycles. The zero-order valence-electron chi connectivity index (χ0n) is 9.11. The summed E-state index contributed by atoms with van der Waals surface area (Å²) in [5, 5.41) is 12.8. The van der Waals surface area contributed by atoms with Crippen LogP contribution in [-0.2, 0) is 6.42 Å². The van der Waals surface area contributed by atoms with Gasteiger partial charge in [-0.05, 0) is 18.6 Å². The van der Waals surface area contributed by atoms with Gasteiger partial charge in [0.2, 0.25) is 0 Å². The van der Waals surface area contributed by atoms with Crippen LogP contribution >= 0.6 is 11.6 Å². The molecule has 0 radical (unpaired) electrons. The lowest BCUT2D eigenvalue weighted by atomic mass is 10.1. The van der Waals surface area contributed by atoms with Crippen molar-refractivity contribution < 1.29 is 4.39 Å². The van der Waals surface area contributed by atoms with E-state index in [9.17, 15) is 4.39 Å². The van der Waals surface area contributed by atoms with Gasteiger partial charge in [-0.1, -0.05) is 18.5 Å². The van der Waals surface area contributed by atoms with E-state index in [1.54, 1.807) is 12.3 Å².